The van der Waals surface area contributed by atoms with Gasteiger partial charge in [0.05, 0.1) is 20.0 Å². The number of halogens is 16. The molecule has 0 unspecified atom stereocenters. The van der Waals surface area contributed by atoms with Crippen LogP contribution in [0.2, 0.25) is 0 Å². The van der Waals surface area contributed by atoms with Crippen LogP contribution in [0.25, 0.3) is 0 Å². The van der Waals surface area contributed by atoms with Crippen molar-refractivity contribution in [2.24, 2.45) is 0 Å². The predicted octanol–water partition coefficient (Wildman–Crippen LogP) is 17.8. The predicted molar refractivity (Wildman–Crippen MR) is 288 cm³/mol. The third kappa shape index (κ3) is 90.4. The second-order valence-electron chi connectivity index (χ2n) is 20.9. The van der Waals surface area contributed by atoms with Crippen molar-refractivity contribution in [2.45, 2.75) is 226 Å². The van der Waals surface area contributed by atoms with Crippen molar-refractivity contribution in [3.05, 3.63) is 0 Å². The number of unbranched alkanes of at least 4 members (excludes halogenated alkanes) is 30. The van der Waals surface area contributed by atoms with E-state index in [4.69, 9.17) is 0 Å². The smallest absolute Gasteiger partial charge is 1.00 e. The van der Waals surface area contributed by atoms with Gasteiger partial charge in [0.25, 0.3) is 0 Å². The molecule has 0 atom stereocenters. The van der Waals surface area contributed by atoms with Crippen molar-refractivity contribution in [2.75, 3.05) is 100 Å². The zero-order chi connectivity index (χ0) is 57.0. The van der Waals surface area contributed by atoms with Gasteiger partial charge in [0.15, 0.2) is 0 Å². The summed E-state index contributed by atoms with van der Waals surface area (Å²) in [4.78, 5) is 14.8. The average molecular weight is 1170 g/mol. The Morgan fingerprint density at radius 1 is 0.293 bits per heavy atom. The van der Waals surface area contributed by atoms with Crippen LogP contribution in [0.15, 0.2) is 0 Å². The zero-order valence-electron chi connectivity index (χ0n) is 47.3. The third-order valence-corrected chi connectivity index (χ3v) is 12.8. The van der Waals surface area contributed by atoms with Crippen LogP contribution in [-0.4, -0.2) is 137 Å². The van der Waals surface area contributed by atoms with Crippen molar-refractivity contribution in [3.8, 4) is 0 Å². The van der Waals surface area contributed by atoms with Crippen LogP contribution < -0.4 is 4.70 Å². The Morgan fingerprint density at radius 3 is 0.587 bits per heavy atom. The quantitative estimate of drug-likeness (QED) is 0.0271. The van der Waals surface area contributed by atoms with Gasteiger partial charge >= 0.3 is 73.5 Å². The minimum atomic E-state index is -10.7. The van der Waals surface area contributed by atoms with Gasteiger partial charge in [-0.05, 0) is 53.6 Å². The summed E-state index contributed by atoms with van der Waals surface area (Å²) in [7, 11) is -18.4. The number of rotatable bonds is 35. The summed E-state index contributed by atoms with van der Waals surface area (Å²) in [5.41, 5.74) is 0. The van der Waals surface area contributed by atoms with Gasteiger partial charge in [-0.2, -0.15) is 0 Å². The summed E-state index contributed by atoms with van der Waals surface area (Å²) in [6.07, 6.45) is 46.8. The van der Waals surface area contributed by atoms with Crippen LogP contribution in [0.1, 0.15) is 226 Å². The van der Waals surface area contributed by atoms with Gasteiger partial charge in [-0.1, -0.05) is 213 Å². The fourth-order valence-electron chi connectivity index (χ4n) is 8.78. The van der Waals surface area contributed by atoms with Crippen molar-refractivity contribution >= 4 is 23.2 Å². The molecule has 0 radical (unpaired) electrons. The first-order chi connectivity index (χ1) is 34.1. The van der Waals surface area contributed by atoms with Gasteiger partial charge in [0.2, 0.25) is 0 Å². The van der Waals surface area contributed by atoms with Crippen molar-refractivity contribution in [1.29, 1.82) is 0 Å². The molecule has 25 heteroatoms. The summed E-state index contributed by atoms with van der Waals surface area (Å²) >= 11 is 0. The maximum Gasteiger partial charge on any atom is -1.00 e. The third-order valence-electron chi connectivity index (χ3n) is 12.8. The summed E-state index contributed by atoms with van der Waals surface area (Å²) < 4.78 is 147. The van der Waals surface area contributed by atoms with Gasteiger partial charge in [0.1, 0.15) is 0 Å². The minimum absolute atomic E-state index is 0. The molecule has 0 amide bonds. The molecular weight excluding hydrogens is 1060 g/mol. The number of hydrogen-bond acceptors (Lipinski definition) is 6. The first-order valence-corrected chi connectivity index (χ1v) is 32.4. The Bertz CT molecular complexity index is 1150. The summed E-state index contributed by atoms with van der Waals surface area (Å²) in [6, 6.07) is 0. The van der Waals surface area contributed by atoms with Gasteiger partial charge in [0, 0.05) is 39.3 Å². The molecule has 3 heterocycles. The number of likely N-dealkylation sites (N-methyl/N-ethyl adjacent to an activating group) is 4. The van der Waals surface area contributed by atoms with E-state index < -0.39 is 23.2 Å². The SMILES string of the molecule is CCCCCCCCCCCCCCCCCCN1CCN(C)C1.CCCCCCCCCCCCCCCCCCN1CCN(C)C1.CCN1CCN(C)C1.FB(F)F.F[P-](F)(F)(F)(F)F.F[P-](F)(F)(F)(F)F.[F-]. The second-order valence-corrected chi connectivity index (χ2v) is 24.7. The summed E-state index contributed by atoms with van der Waals surface area (Å²) in [5.74, 6) is 0. The van der Waals surface area contributed by atoms with Crippen LogP contribution >= 0.6 is 15.6 Å². The topological polar surface area (TPSA) is 19.4 Å². The first-order valence-electron chi connectivity index (χ1n) is 28.4. The molecule has 3 aliphatic heterocycles. The number of hydrogen-bond donors (Lipinski definition) is 0. The maximum absolute atomic E-state index is 10.7. The first kappa shape index (κ1) is 81.0. The van der Waals surface area contributed by atoms with E-state index in [2.05, 4.69) is 71.3 Å². The summed E-state index contributed by atoms with van der Waals surface area (Å²) in [5, 5.41) is 0. The molecule has 0 aromatic carbocycles. The molecule has 0 aromatic heterocycles. The molecule has 0 bridgehead atoms. The Balaban J connectivity index is -0.000000454. The standard InChI is InChI=1S/2C22H46N2.C6H14N2.BF3.2F6P.FH/c2*1-3-4-5-6-7-8-9-10-11-12-13-14-15-16-17-18-19-24-21-20-23(2)22-24;1-3-8-5-4-7(2)6-8;2-1(3)4;2*1-7(2,3,4,5)6;/h2*3-22H2,1-2H3;3-6H2,1-2H3;;;;1H/q;;;;2*-1;/p-1. The second kappa shape index (κ2) is 43.3. The van der Waals surface area contributed by atoms with Crippen molar-refractivity contribution < 1.29 is 68.0 Å². The van der Waals surface area contributed by atoms with Gasteiger partial charge in [-0.3, -0.25) is 42.3 Å². The van der Waals surface area contributed by atoms with Crippen LogP contribution in [0.3, 0.4) is 0 Å². The largest absolute Gasteiger partial charge is 1.00 e. The maximum atomic E-state index is 9.87. The van der Waals surface area contributed by atoms with E-state index in [0.717, 1.165) is 6.67 Å². The van der Waals surface area contributed by atoms with E-state index in [1.54, 1.807) is 0 Å². The Morgan fingerprint density at radius 2 is 0.453 bits per heavy atom. The van der Waals surface area contributed by atoms with E-state index >= 15 is 0 Å². The van der Waals surface area contributed by atoms with Gasteiger partial charge in [-0.25, -0.2) is 0 Å². The van der Waals surface area contributed by atoms with Crippen LogP contribution in [0, 0.1) is 0 Å². The van der Waals surface area contributed by atoms with E-state index in [1.807, 2.05) is 0 Å². The van der Waals surface area contributed by atoms with Crippen LogP contribution in [-0.2, 0) is 0 Å². The Kier molecular flexibility index (Phi) is 46.8. The molecule has 3 aliphatic rings. The molecule has 464 valence electrons. The molecule has 3 fully saturated rings. The van der Waals surface area contributed by atoms with E-state index in [0.29, 0.717) is 0 Å². The van der Waals surface area contributed by atoms with E-state index in [-0.39, 0.29) is 4.70 Å². The molecule has 0 aromatic rings. The molecule has 75 heavy (non-hydrogen) atoms. The summed E-state index contributed by atoms with van der Waals surface area (Å²) in [6.45, 7) is 21.8. The normalized spacial score (nSPS) is 17.7. The molecule has 0 N–H and O–H groups in total. The molecule has 6 nitrogen and oxygen atoms in total. The van der Waals surface area contributed by atoms with Crippen molar-refractivity contribution in [1.82, 2.24) is 29.4 Å². The Labute approximate surface area is 445 Å². The molecule has 0 spiro atoms. The number of nitrogens with zero attached hydrogens (tertiary/aromatic N) is 6. The minimum Gasteiger partial charge on any atom is -1.00 e. The fraction of sp³-hybridized carbons (Fsp3) is 1.00. The van der Waals surface area contributed by atoms with Crippen LogP contribution in [0.4, 0.5) is 63.3 Å². The van der Waals surface area contributed by atoms with E-state index in [9.17, 15) is 63.3 Å². The molecule has 3 rings (SSSR count). The zero-order valence-corrected chi connectivity index (χ0v) is 49.1. The fourth-order valence-corrected chi connectivity index (χ4v) is 8.78. The van der Waals surface area contributed by atoms with Gasteiger partial charge in [-0.15, -0.1) is 0 Å². The monoisotopic (exact) mass is 1170 g/mol. The van der Waals surface area contributed by atoms with Gasteiger partial charge < -0.3 is 4.70 Å². The molecule has 0 saturated carbocycles. The molecule has 3 saturated heterocycles. The van der Waals surface area contributed by atoms with Crippen molar-refractivity contribution in [3.63, 3.8) is 0 Å². The molecule has 0 aliphatic carbocycles. The average Bonchev–Trinajstić information content (AvgIpc) is 4.01. The van der Waals surface area contributed by atoms with E-state index in [1.165, 1.54) is 278 Å². The molecular formula is C50H106BF16N6P2-3. The van der Waals surface area contributed by atoms with Crippen LogP contribution in [0.5, 0.6) is 0 Å². The Hall–Kier alpha value is -0.435.